The zero-order valence-corrected chi connectivity index (χ0v) is 14.7. The van der Waals surface area contributed by atoms with E-state index in [-0.39, 0.29) is 24.0 Å². The van der Waals surface area contributed by atoms with E-state index in [9.17, 15) is 0 Å². The van der Waals surface area contributed by atoms with Gasteiger partial charge in [0, 0.05) is 40.7 Å². The minimum absolute atomic E-state index is 0. The summed E-state index contributed by atoms with van der Waals surface area (Å²) in [4.78, 5) is 13.0. The maximum absolute atomic E-state index is 5.04. The number of rotatable bonds is 4. The molecule has 0 spiro atoms. The first-order chi connectivity index (χ1) is 8.04. The smallest absolute Gasteiger partial charge is 0.195 e. The molecule has 7 heteroatoms. The molecule has 0 unspecified atom stereocenters. The highest BCUT2D eigenvalue weighted by molar-refractivity contribution is 14.0. The lowest BCUT2D eigenvalue weighted by atomic mass is 10.5. The lowest BCUT2D eigenvalue weighted by Gasteiger charge is -2.22. The third-order valence-corrected chi connectivity index (χ3v) is 2.92. The lowest BCUT2D eigenvalue weighted by Crippen LogP contribution is -2.35. The molecule has 0 fully saturated rings. The van der Waals surface area contributed by atoms with Crippen LogP contribution in [0.5, 0.6) is 0 Å². The Morgan fingerprint density at radius 1 is 1.33 bits per heavy atom. The first-order valence-corrected chi connectivity index (χ1v) is 6.24. The van der Waals surface area contributed by atoms with Crippen molar-refractivity contribution >= 4 is 41.3 Å². The molecule has 1 aromatic rings. The number of thiazole rings is 1. The van der Waals surface area contributed by atoms with Crippen LogP contribution in [0.3, 0.4) is 0 Å². The average Bonchev–Trinajstić information content (AvgIpc) is 2.65. The van der Waals surface area contributed by atoms with Crippen LogP contribution in [0.25, 0.3) is 0 Å². The van der Waals surface area contributed by atoms with E-state index in [1.165, 1.54) is 0 Å². The largest absolute Gasteiger partial charge is 0.378 e. The second-order valence-electron chi connectivity index (χ2n) is 4.07. The van der Waals surface area contributed by atoms with Gasteiger partial charge in [0.25, 0.3) is 0 Å². The number of methoxy groups -OCH3 is 1. The van der Waals surface area contributed by atoms with E-state index < -0.39 is 0 Å². The maximum Gasteiger partial charge on any atom is 0.195 e. The number of halogens is 1. The van der Waals surface area contributed by atoms with Gasteiger partial charge in [-0.3, -0.25) is 0 Å². The summed E-state index contributed by atoms with van der Waals surface area (Å²) in [7, 11) is 9.61. The minimum atomic E-state index is 0. The normalized spacial score (nSPS) is 9.61. The molecule has 0 bridgehead atoms. The number of aromatic nitrogens is 1. The van der Waals surface area contributed by atoms with Crippen molar-refractivity contribution in [3.63, 3.8) is 0 Å². The fourth-order valence-electron chi connectivity index (χ4n) is 1.45. The summed E-state index contributed by atoms with van der Waals surface area (Å²) in [5, 5.41) is 3.02. The van der Waals surface area contributed by atoms with Gasteiger partial charge in [-0.15, -0.1) is 35.3 Å². The molecule has 0 atom stereocenters. The lowest BCUT2D eigenvalue weighted by molar-refractivity contribution is 0.184. The molecule has 1 heterocycles. The Morgan fingerprint density at radius 2 is 1.94 bits per heavy atom. The SMILES string of the molecule is COCc1nc(CN=C(N(C)C)N(C)C)cs1.I. The van der Waals surface area contributed by atoms with Crippen molar-refractivity contribution in [1.82, 2.24) is 14.8 Å². The van der Waals surface area contributed by atoms with Crippen molar-refractivity contribution in [1.29, 1.82) is 0 Å². The number of ether oxygens (including phenoxy) is 1. The van der Waals surface area contributed by atoms with E-state index in [0.717, 1.165) is 16.7 Å². The van der Waals surface area contributed by atoms with Crippen molar-refractivity contribution in [2.45, 2.75) is 13.2 Å². The highest BCUT2D eigenvalue weighted by Crippen LogP contribution is 2.11. The summed E-state index contributed by atoms with van der Waals surface area (Å²) in [6, 6.07) is 0. The van der Waals surface area contributed by atoms with Gasteiger partial charge in [0.05, 0.1) is 18.8 Å². The summed E-state index contributed by atoms with van der Waals surface area (Å²) < 4.78 is 5.04. The second kappa shape index (κ2) is 8.65. The molecule has 104 valence electrons. The van der Waals surface area contributed by atoms with Crippen molar-refractivity contribution in [2.75, 3.05) is 35.3 Å². The molecule has 0 saturated heterocycles. The third kappa shape index (κ3) is 5.49. The molecule has 0 aliphatic carbocycles. The fraction of sp³-hybridized carbons (Fsp3) is 0.636. The number of hydrogen-bond donors (Lipinski definition) is 0. The van der Waals surface area contributed by atoms with Gasteiger partial charge in [-0.25, -0.2) is 9.98 Å². The van der Waals surface area contributed by atoms with Gasteiger partial charge in [-0.1, -0.05) is 0 Å². The molecule has 0 aromatic carbocycles. The van der Waals surface area contributed by atoms with Gasteiger partial charge >= 0.3 is 0 Å². The molecule has 5 nitrogen and oxygen atoms in total. The van der Waals surface area contributed by atoms with Gasteiger partial charge in [-0.05, 0) is 0 Å². The summed E-state index contributed by atoms with van der Waals surface area (Å²) >= 11 is 1.61. The number of nitrogens with zero attached hydrogens (tertiary/aromatic N) is 4. The van der Waals surface area contributed by atoms with Gasteiger partial charge in [0.1, 0.15) is 5.01 Å². The van der Waals surface area contributed by atoms with Crippen LogP contribution in [0.1, 0.15) is 10.7 Å². The van der Waals surface area contributed by atoms with E-state index in [1.54, 1.807) is 18.4 Å². The monoisotopic (exact) mass is 384 g/mol. The zero-order valence-electron chi connectivity index (χ0n) is 11.5. The van der Waals surface area contributed by atoms with Crippen molar-refractivity contribution in [2.24, 2.45) is 4.99 Å². The van der Waals surface area contributed by atoms with Crippen molar-refractivity contribution < 1.29 is 4.74 Å². The van der Waals surface area contributed by atoms with Crippen LogP contribution in [-0.2, 0) is 17.9 Å². The van der Waals surface area contributed by atoms with Crippen LogP contribution < -0.4 is 0 Å². The Labute approximate surface area is 130 Å². The Morgan fingerprint density at radius 3 is 2.44 bits per heavy atom. The summed E-state index contributed by atoms with van der Waals surface area (Å²) in [6.07, 6.45) is 0. The average molecular weight is 384 g/mol. The first-order valence-electron chi connectivity index (χ1n) is 5.36. The quantitative estimate of drug-likeness (QED) is 0.452. The molecular weight excluding hydrogens is 363 g/mol. The molecule has 0 aliphatic rings. The molecule has 0 N–H and O–H groups in total. The predicted molar refractivity (Wildman–Crippen MR) is 86.8 cm³/mol. The second-order valence-corrected chi connectivity index (χ2v) is 5.01. The fourth-order valence-corrected chi connectivity index (χ4v) is 2.20. The Kier molecular flexibility index (Phi) is 8.45. The van der Waals surface area contributed by atoms with Gasteiger partial charge in [0.15, 0.2) is 5.96 Å². The van der Waals surface area contributed by atoms with Crippen LogP contribution >= 0.6 is 35.3 Å². The Bertz CT molecular complexity index is 369. The Hall–Kier alpha value is -0.410. The zero-order chi connectivity index (χ0) is 12.8. The van der Waals surface area contributed by atoms with E-state index >= 15 is 0 Å². The molecule has 0 amide bonds. The molecule has 18 heavy (non-hydrogen) atoms. The minimum Gasteiger partial charge on any atom is -0.378 e. The molecule has 0 aliphatic heterocycles. The molecule has 1 aromatic heterocycles. The summed E-state index contributed by atoms with van der Waals surface area (Å²) in [5.74, 6) is 0.936. The molecule has 0 saturated carbocycles. The number of aliphatic imine (C=N–C) groups is 1. The number of hydrogen-bond acceptors (Lipinski definition) is 4. The summed E-state index contributed by atoms with van der Waals surface area (Å²) in [5.41, 5.74) is 0.989. The topological polar surface area (TPSA) is 41.0 Å². The highest BCUT2D eigenvalue weighted by Gasteiger charge is 2.05. The number of guanidine groups is 1. The third-order valence-electron chi connectivity index (χ3n) is 2.05. The molecule has 0 radical (unpaired) electrons. The van der Waals surface area contributed by atoms with Crippen molar-refractivity contribution in [3.05, 3.63) is 16.1 Å². The van der Waals surface area contributed by atoms with Gasteiger partial charge in [0.2, 0.25) is 0 Å². The Balaban J connectivity index is 0.00000289. The van der Waals surface area contributed by atoms with Gasteiger partial charge in [-0.2, -0.15) is 0 Å². The van der Waals surface area contributed by atoms with Crippen LogP contribution in [0.15, 0.2) is 10.4 Å². The first kappa shape index (κ1) is 17.6. The molecular formula is C11H21IN4OS. The van der Waals surface area contributed by atoms with Crippen molar-refractivity contribution in [3.8, 4) is 0 Å². The standard InChI is InChI=1S/C11H20N4OS.HI/c1-14(2)11(15(3)4)12-6-9-8-17-10(13-9)7-16-5;/h8H,6-7H2,1-5H3;1H. The van der Waals surface area contributed by atoms with E-state index in [2.05, 4.69) is 9.98 Å². The van der Waals surface area contributed by atoms with E-state index in [1.807, 2.05) is 43.4 Å². The van der Waals surface area contributed by atoms with Gasteiger partial charge < -0.3 is 14.5 Å². The van der Waals surface area contributed by atoms with E-state index in [0.29, 0.717) is 13.2 Å². The van der Waals surface area contributed by atoms with Crippen LogP contribution in [0.4, 0.5) is 0 Å². The van der Waals surface area contributed by atoms with Crippen LogP contribution in [0.2, 0.25) is 0 Å². The molecule has 1 rings (SSSR count). The highest BCUT2D eigenvalue weighted by atomic mass is 127. The summed E-state index contributed by atoms with van der Waals surface area (Å²) in [6.45, 7) is 1.18. The predicted octanol–water partition coefficient (Wildman–Crippen LogP) is 1.89. The maximum atomic E-state index is 5.04. The van der Waals surface area contributed by atoms with E-state index in [4.69, 9.17) is 4.74 Å². The van der Waals surface area contributed by atoms with Crippen LogP contribution in [0, 0.1) is 0 Å². The van der Waals surface area contributed by atoms with Crippen LogP contribution in [-0.4, -0.2) is 56.0 Å².